The molecule has 4 aromatic rings. The fraction of sp³-hybridized carbons (Fsp3) is 0.174. The lowest BCUT2D eigenvalue weighted by molar-refractivity contribution is 0.304. The summed E-state index contributed by atoms with van der Waals surface area (Å²) in [6, 6.07) is 10.00. The van der Waals surface area contributed by atoms with Crippen LogP contribution < -0.4 is 15.2 Å². The van der Waals surface area contributed by atoms with Crippen molar-refractivity contribution in [1.82, 2.24) is 15.0 Å². The number of anilines is 2. The van der Waals surface area contributed by atoms with Crippen LogP contribution >= 0.6 is 0 Å². The molecule has 4 rings (SSSR count). The van der Waals surface area contributed by atoms with Crippen LogP contribution in [0.1, 0.15) is 16.7 Å². The average molecular weight is 401 g/mol. The molecule has 2 N–H and O–H groups in total. The maximum atomic E-state index is 10.1. The van der Waals surface area contributed by atoms with Crippen LogP contribution in [0.4, 0.5) is 11.4 Å². The zero-order valence-electron chi connectivity index (χ0n) is 17.1. The first-order valence-corrected chi connectivity index (χ1v) is 9.56. The molecular formula is C23H23N5O2. The number of rotatable bonds is 6. The van der Waals surface area contributed by atoms with Crippen molar-refractivity contribution < 1.29 is 9.84 Å². The fourth-order valence-corrected chi connectivity index (χ4v) is 3.30. The van der Waals surface area contributed by atoms with Crippen molar-refractivity contribution in [1.29, 1.82) is 0 Å². The van der Waals surface area contributed by atoms with Crippen molar-refractivity contribution in [2.24, 2.45) is 0 Å². The van der Waals surface area contributed by atoms with Crippen LogP contribution in [0.25, 0.3) is 10.8 Å². The zero-order chi connectivity index (χ0) is 21.1. The maximum Gasteiger partial charge on any atom is 0.156 e. The Morgan fingerprint density at radius 3 is 2.43 bits per heavy atom. The summed E-state index contributed by atoms with van der Waals surface area (Å²) < 4.78 is 5.89. The first-order chi connectivity index (χ1) is 14.5. The first kappa shape index (κ1) is 19.4. The van der Waals surface area contributed by atoms with Gasteiger partial charge < -0.3 is 9.84 Å². The van der Waals surface area contributed by atoms with Gasteiger partial charge in [-0.2, -0.15) is 0 Å². The number of aryl methyl sites for hydroxylation is 2. The van der Waals surface area contributed by atoms with Crippen molar-refractivity contribution in [3.63, 3.8) is 0 Å². The van der Waals surface area contributed by atoms with Gasteiger partial charge in [0.2, 0.25) is 0 Å². The number of phenols is 1. The standard InChI is InChI=1S/C23H23N5O2/c1-15-6-20(7-16(2)23(15)29)28(3)27-22-9-18-10-24-5-4-17(18)8-19(22)13-30-21-11-25-14-26-12-21/h4-12,14,27,29H,13H2,1-3H3. The van der Waals surface area contributed by atoms with Gasteiger partial charge in [-0.1, -0.05) is 0 Å². The van der Waals surface area contributed by atoms with Gasteiger partial charge in [0.25, 0.3) is 0 Å². The van der Waals surface area contributed by atoms with Gasteiger partial charge in [0, 0.05) is 30.4 Å². The number of ether oxygens (including phenoxy) is 1. The number of aromatic hydroxyl groups is 1. The van der Waals surface area contributed by atoms with E-state index in [4.69, 9.17) is 4.74 Å². The largest absolute Gasteiger partial charge is 0.507 e. The second-order valence-corrected chi connectivity index (χ2v) is 7.19. The van der Waals surface area contributed by atoms with E-state index >= 15 is 0 Å². The van der Waals surface area contributed by atoms with E-state index in [1.165, 1.54) is 6.33 Å². The fourth-order valence-electron chi connectivity index (χ4n) is 3.30. The molecule has 7 heteroatoms. The summed E-state index contributed by atoms with van der Waals surface area (Å²) in [5.74, 6) is 0.930. The van der Waals surface area contributed by atoms with Gasteiger partial charge >= 0.3 is 0 Å². The first-order valence-electron chi connectivity index (χ1n) is 9.56. The van der Waals surface area contributed by atoms with Gasteiger partial charge in [0.15, 0.2) is 5.75 Å². The summed E-state index contributed by atoms with van der Waals surface area (Å²) in [6.45, 7) is 4.14. The van der Waals surface area contributed by atoms with Gasteiger partial charge in [0.1, 0.15) is 18.7 Å². The third-order valence-corrected chi connectivity index (χ3v) is 4.95. The lowest BCUT2D eigenvalue weighted by atomic mass is 10.1. The number of hydrazine groups is 1. The minimum atomic E-state index is 0.322. The van der Waals surface area contributed by atoms with Crippen LogP contribution in [0.15, 0.2) is 61.4 Å². The van der Waals surface area contributed by atoms with Crippen LogP contribution in [0.5, 0.6) is 11.5 Å². The Hall–Kier alpha value is -3.87. The van der Waals surface area contributed by atoms with E-state index in [-0.39, 0.29) is 0 Å². The summed E-state index contributed by atoms with van der Waals surface area (Å²) in [5.41, 5.74) is 7.92. The predicted molar refractivity (Wildman–Crippen MR) is 118 cm³/mol. The summed E-state index contributed by atoms with van der Waals surface area (Å²) in [5, 5.41) is 14.1. The topological polar surface area (TPSA) is 83.4 Å². The molecule has 0 aliphatic carbocycles. The Kier molecular flexibility index (Phi) is 5.34. The highest BCUT2D eigenvalue weighted by molar-refractivity contribution is 5.86. The van der Waals surface area contributed by atoms with Crippen molar-refractivity contribution in [2.45, 2.75) is 20.5 Å². The highest BCUT2D eigenvalue weighted by Gasteiger charge is 2.11. The van der Waals surface area contributed by atoms with E-state index in [1.807, 2.05) is 50.3 Å². The molecule has 0 aliphatic heterocycles. The number of pyridine rings is 1. The zero-order valence-corrected chi connectivity index (χ0v) is 17.1. The van der Waals surface area contributed by atoms with Crippen molar-refractivity contribution in [2.75, 3.05) is 17.5 Å². The number of benzene rings is 2. The number of hydrogen-bond donors (Lipinski definition) is 2. The molecule has 2 aromatic heterocycles. The molecule has 152 valence electrons. The molecule has 30 heavy (non-hydrogen) atoms. The quantitative estimate of drug-likeness (QED) is 0.464. The van der Waals surface area contributed by atoms with Gasteiger partial charge in [-0.05, 0) is 60.7 Å². The normalized spacial score (nSPS) is 10.8. The molecule has 0 saturated carbocycles. The van der Waals surface area contributed by atoms with E-state index in [1.54, 1.807) is 18.6 Å². The molecule has 0 saturated heterocycles. The van der Waals surface area contributed by atoms with Gasteiger partial charge in [-0.25, -0.2) is 9.97 Å². The van der Waals surface area contributed by atoms with Crippen molar-refractivity contribution in [3.8, 4) is 11.5 Å². The molecule has 0 amide bonds. The second kappa shape index (κ2) is 8.24. The van der Waals surface area contributed by atoms with Gasteiger partial charge in [-0.15, -0.1) is 0 Å². The third kappa shape index (κ3) is 4.10. The number of hydrogen-bond acceptors (Lipinski definition) is 7. The summed E-state index contributed by atoms with van der Waals surface area (Å²) in [6.07, 6.45) is 8.36. The van der Waals surface area contributed by atoms with E-state index in [0.29, 0.717) is 18.1 Å². The predicted octanol–water partition coefficient (Wildman–Crippen LogP) is 4.39. The number of phenolic OH excluding ortho intramolecular Hbond substituents is 1. The summed E-state index contributed by atoms with van der Waals surface area (Å²) in [7, 11) is 1.94. The van der Waals surface area contributed by atoms with Crippen molar-refractivity contribution in [3.05, 3.63) is 78.1 Å². The van der Waals surface area contributed by atoms with Crippen LogP contribution in [0.2, 0.25) is 0 Å². The van der Waals surface area contributed by atoms with E-state index in [9.17, 15) is 5.11 Å². The molecule has 0 aliphatic rings. The van der Waals surface area contributed by atoms with Gasteiger partial charge in [-0.3, -0.25) is 15.4 Å². The lowest BCUT2D eigenvalue weighted by Crippen LogP contribution is -2.25. The summed E-state index contributed by atoms with van der Waals surface area (Å²) in [4.78, 5) is 12.2. The lowest BCUT2D eigenvalue weighted by Gasteiger charge is -2.25. The third-order valence-electron chi connectivity index (χ3n) is 4.95. The SMILES string of the molecule is Cc1cc(N(C)Nc2cc3cnccc3cc2COc2cncnc2)cc(C)c1O. The Bertz CT molecular complexity index is 1160. The molecular weight excluding hydrogens is 378 g/mol. The Labute approximate surface area is 175 Å². The highest BCUT2D eigenvalue weighted by atomic mass is 16.5. The molecule has 0 fully saturated rings. The Morgan fingerprint density at radius 2 is 1.70 bits per heavy atom. The molecule has 0 atom stereocenters. The molecule has 0 spiro atoms. The van der Waals surface area contributed by atoms with E-state index < -0.39 is 0 Å². The highest BCUT2D eigenvalue weighted by Crippen LogP contribution is 2.30. The Morgan fingerprint density at radius 1 is 0.967 bits per heavy atom. The van der Waals surface area contributed by atoms with Crippen LogP contribution in [0, 0.1) is 13.8 Å². The molecule has 2 heterocycles. The smallest absolute Gasteiger partial charge is 0.156 e. The summed E-state index contributed by atoms with van der Waals surface area (Å²) >= 11 is 0. The number of fused-ring (bicyclic) bond motifs is 1. The molecule has 0 bridgehead atoms. The minimum absolute atomic E-state index is 0.322. The van der Waals surface area contributed by atoms with Gasteiger partial charge in [0.05, 0.1) is 23.8 Å². The van der Waals surface area contributed by atoms with Crippen LogP contribution in [-0.4, -0.2) is 27.1 Å². The Balaban J connectivity index is 1.65. The molecule has 2 aromatic carbocycles. The monoisotopic (exact) mass is 401 g/mol. The van der Waals surface area contributed by atoms with Crippen LogP contribution in [-0.2, 0) is 6.61 Å². The van der Waals surface area contributed by atoms with Crippen LogP contribution in [0.3, 0.4) is 0 Å². The number of nitrogens with one attached hydrogen (secondary N) is 1. The number of aromatic nitrogens is 3. The van der Waals surface area contributed by atoms with E-state index in [2.05, 4.69) is 32.5 Å². The second-order valence-electron chi connectivity index (χ2n) is 7.19. The molecule has 0 radical (unpaired) electrons. The minimum Gasteiger partial charge on any atom is -0.507 e. The molecule has 0 unspecified atom stereocenters. The number of nitrogens with zero attached hydrogens (tertiary/aromatic N) is 4. The van der Waals surface area contributed by atoms with Crippen molar-refractivity contribution >= 4 is 22.1 Å². The maximum absolute atomic E-state index is 10.1. The molecule has 7 nitrogen and oxygen atoms in total. The average Bonchev–Trinajstić information content (AvgIpc) is 2.76. The van der Waals surface area contributed by atoms with E-state index in [0.717, 1.165) is 38.8 Å².